The summed E-state index contributed by atoms with van der Waals surface area (Å²) in [6, 6.07) is 46.9. The van der Waals surface area contributed by atoms with Crippen molar-refractivity contribution in [3.63, 3.8) is 0 Å². The Kier molecular flexibility index (Phi) is 7.90. The van der Waals surface area contributed by atoms with Crippen LogP contribution in [0.3, 0.4) is 0 Å². The van der Waals surface area contributed by atoms with Crippen LogP contribution in [0.25, 0.3) is 43.5 Å². The third kappa shape index (κ3) is 5.07. The molecule has 7 rings (SSSR count). The van der Waals surface area contributed by atoms with Crippen molar-refractivity contribution in [3.8, 4) is 0 Å². The van der Waals surface area contributed by atoms with Gasteiger partial charge in [0.1, 0.15) is 11.2 Å². The first-order valence-electron chi connectivity index (χ1n) is 15.7. The van der Waals surface area contributed by atoms with E-state index in [9.17, 15) is 0 Å². The Morgan fingerprint density at radius 2 is 1.18 bits per heavy atom. The standard InChI is InChI=1S/C39H38NO2PSi/c1-5-44(4)36-26-32-21-13-15-23-34(32)38-37-33-22-14-12-20-31(33)24-25-35(37)41-43(42-39(36)38)40(27(2)29-16-8-6-9-17-29)28(3)30-18-10-7-11-19-30/h6-28,44H,5H2,1-4H3/t27-,28-,43?,44-/m1/s1. The van der Waals surface area contributed by atoms with Crippen LogP contribution in [0.2, 0.25) is 12.6 Å². The molecule has 0 saturated carbocycles. The maximum atomic E-state index is 7.40. The smallest absolute Gasteiger partial charge is 0.310 e. The molecule has 1 unspecified atom stereocenters. The number of hydrogen-bond donors (Lipinski definition) is 0. The van der Waals surface area contributed by atoms with E-state index in [-0.39, 0.29) is 12.1 Å². The summed E-state index contributed by atoms with van der Waals surface area (Å²) in [5.41, 5.74) is 4.37. The van der Waals surface area contributed by atoms with Crippen molar-refractivity contribution < 1.29 is 8.39 Å². The van der Waals surface area contributed by atoms with E-state index in [1.165, 1.54) is 43.2 Å². The Hall–Kier alpha value is -4.08. The Morgan fingerprint density at radius 1 is 0.636 bits per heavy atom. The van der Waals surface area contributed by atoms with Crippen LogP contribution in [0.1, 0.15) is 44.0 Å². The molecule has 6 aromatic carbocycles. The van der Waals surface area contributed by atoms with Crippen LogP contribution in [-0.2, 0) is 0 Å². The second-order valence-corrected chi connectivity index (χ2v) is 16.4. The molecular weight excluding hydrogens is 573 g/mol. The molecule has 0 fully saturated rings. The highest BCUT2D eigenvalue weighted by molar-refractivity contribution is 7.39. The van der Waals surface area contributed by atoms with E-state index < -0.39 is 17.0 Å². The molecule has 1 heterocycles. The number of nitrogens with zero attached hydrogens (tertiary/aromatic N) is 1. The highest BCUT2D eigenvalue weighted by atomic mass is 31.1. The van der Waals surface area contributed by atoms with E-state index >= 15 is 0 Å². The Labute approximate surface area is 262 Å². The Bertz CT molecular complexity index is 2080. The van der Waals surface area contributed by atoms with Crippen LogP contribution < -0.4 is 9.86 Å². The summed E-state index contributed by atoms with van der Waals surface area (Å²) in [4.78, 5) is 0. The van der Waals surface area contributed by atoms with Crippen LogP contribution in [-0.4, -0.2) is 8.80 Å². The molecule has 0 aliphatic heterocycles. The molecule has 0 aliphatic carbocycles. The largest absolute Gasteiger partial charge is 0.408 e. The second-order valence-electron chi connectivity index (χ2n) is 11.8. The summed E-state index contributed by atoms with van der Waals surface area (Å²) < 4.78 is 17.1. The normalized spacial score (nSPS) is 14.3. The van der Waals surface area contributed by atoms with Crippen molar-refractivity contribution in [1.82, 2.24) is 0 Å². The maximum Gasteiger partial charge on any atom is 0.310 e. The van der Waals surface area contributed by atoms with Gasteiger partial charge in [-0.3, -0.25) is 0 Å². The van der Waals surface area contributed by atoms with Gasteiger partial charge in [0.15, 0.2) is 0 Å². The number of benzene rings is 6. The zero-order valence-corrected chi connectivity index (χ0v) is 27.8. The highest BCUT2D eigenvalue weighted by Gasteiger charge is 2.30. The summed E-state index contributed by atoms with van der Waals surface area (Å²) >= 11 is 0. The molecule has 0 bridgehead atoms. The van der Waals surface area contributed by atoms with Gasteiger partial charge in [-0.15, -0.1) is 0 Å². The lowest BCUT2D eigenvalue weighted by Gasteiger charge is -2.31. The maximum absolute atomic E-state index is 7.40. The van der Waals surface area contributed by atoms with Gasteiger partial charge in [-0.2, -0.15) is 4.67 Å². The zero-order chi connectivity index (χ0) is 30.2. The summed E-state index contributed by atoms with van der Waals surface area (Å²) in [5, 5.41) is 8.54. The molecule has 1 aromatic heterocycles. The van der Waals surface area contributed by atoms with Crippen molar-refractivity contribution in [3.05, 3.63) is 139 Å². The number of fused-ring (bicyclic) bond motifs is 7. The van der Waals surface area contributed by atoms with Crippen LogP contribution >= 0.6 is 8.16 Å². The molecule has 3 nitrogen and oxygen atoms in total. The molecular formula is C39H38NO2PSi. The van der Waals surface area contributed by atoms with Crippen LogP contribution in [0, 0.1) is 0 Å². The van der Waals surface area contributed by atoms with Crippen LogP contribution in [0.4, 0.5) is 0 Å². The van der Waals surface area contributed by atoms with E-state index in [0.29, 0.717) is 0 Å². The van der Waals surface area contributed by atoms with E-state index in [4.69, 9.17) is 8.39 Å². The monoisotopic (exact) mass is 611 g/mol. The van der Waals surface area contributed by atoms with Crippen molar-refractivity contribution in [2.75, 3.05) is 4.67 Å². The van der Waals surface area contributed by atoms with Gasteiger partial charge in [-0.05, 0) is 57.8 Å². The van der Waals surface area contributed by atoms with Gasteiger partial charge in [0.05, 0.1) is 8.80 Å². The Balaban J connectivity index is 1.66. The van der Waals surface area contributed by atoms with Crippen LogP contribution in [0.5, 0.6) is 0 Å². The SMILES string of the molecule is CC[Si@@H](C)c1cc2ccccc2c2c1op(N([C@H](C)c1ccccc1)[C@H](C)c1ccccc1)oc1ccc3ccccc3c12. The average Bonchev–Trinajstić information content (AvgIpc) is 3.26. The number of hydrogen-bond acceptors (Lipinski definition) is 3. The van der Waals surface area contributed by atoms with E-state index in [2.05, 4.69) is 159 Å². The molecule has 0 radical (unpaired) electrons. The van der Waals surface area contributed by atoms with Gasteiger partial charge in [-0.1, -0.05) is 141 Å². The predicted molar refractivity (Wildman–Crippen MR) is 192 cm³/mol. The van der Waals surface area contributed by atoms with Gasteiger partial charge < -0.3 is 8.39 Å². The number of rotatable bonds is 7. The van der Waals surface area contributed by atoms with Gasteiger partial charge in [-0.25, -0.2) is 0 Å². The summed E-state index contributed by atoms with van der Waals surface area (Å²) in [6.07, 6.45) is 0. The third-order valence-corrected chi connectivity index (χ3v) is 13.7. The Morgan fingerprint density at radius 3 is 1.80 bits per heavy atom. The fourth-order valence-electron chi connectivity index (χ4n) is 6.53. The first-order valence-corrected chi connectivity index (χ1v) is 19.3. The third-order valence-electron chi connectivity index (χ3n) is 9.21. The van der Waals surface area contributed by atoms with Crippen molar-refractivity contribution in [2.45, 2.75) is 45.4 Å². The van der Waals surface area contributed by atoms with E-state index in [0.717, 1.165) is 22.6 Å². The first kappa shape index (κ1) is 28.7. The topological polar surface area (TPSA) is 29.5 Å². The summed E-state index contributed by atoms with van der Waals surface area (Å²) in [5.74, 6) is 0. The molecule has 4 atom stereocenters. The van der Waals surface area contributed by atoms with Crippen molar-refractivity contribution in [1.29, 1.82) is 0 Å². The van der Waals surface area contributed by atoms with Crippen molar-refractivity contribution in [2.24, 2.45) is 0 Å². The minimum absolute atomic E-state index is 0.0488. The summed E-state index contributed by atoms with van der Waals surface area (Å²) in [7, 11) is -2.89. The fourth-order valence-corrected chi connectivity index (χ4v) is 9.92. The fraction of sp³-hybridized carbons (Fsp3) is 0.179. The van der Waals surface area contributed by atoms with Gasteiger partial charge in [0, 0.05) is 22.9 Å². The lowest BCUT2D eigenvalue weighted by molar-refractivity contribution is 0.559. The average molecular weight is 612 g/mol. The molecule has 5 heteroatoms. The molecule has 44 heavy (non-hydrogen) atoms. The van der Waals surface area contributed by atoms with Crippen LogP contribution in [0.15, 0.2) is 136 Å². The summed E-state index contributed by atoms with van der Waals surface area (Å²) in [6.45, 7) is 9.32. The first-order chi connectivity index (χ1) is 21.5. The molecule has 7 aromatic rings. The van der Waals surface area contributed by atoms with E-state index in [1.54, 1.807) is 0 Å². The van der Waals surface area contributed by atoms with E-state index in [1.807, 2.05) is 0 Å². The second kappa shape index (κ2) is 12.1. The van der Waals surface area contributed by atoms with Gasteiger partial charge in [0.25, 0.3) is 0 Å². The van der Waals surface area contributed by atoms with Crippen molar-refractivity contribution >= 4 is 65.6 Å². The zero-order valence-electron chi connectivity index (χ0n) is 25.8. The lowest BCUT2D eigenvalue weighted by Crippen LogP contribution is -2.28. The molecule has 220 valence electrons. The van der Waals surface area contributed by atoms with Gasteiger partial charge >= 0.3 is 8.16 Å². The molecule has 0 aliphatic rings. The predicted octanol–water partition coefficient (Wildman–Crippen LogP) is 11.1. The highest BCUT2D eigenvalue weighted by Crippen LogP contribution is 2.47. The molecule has 0 saturated heterocycles. The molecule has 0 N–H and O–H groups in total. The molecule has 0 amide bonds. The minimum Gasteiger partial charge on any atom is -0.408 e. The van der Waals surface area contributed by atoms with Gasteiger partial charge in [0.2, 0.25) is 0 Å². The minimum atomic E-state index is -1.56. The quantitative estimate of drug-likeness (QED) is 0.168. The molecule has 0 spiro atoms. The lowest BCUT2D eigenvalue weighted by atomic mass is 9.99.